The molecule has 0 aliphatic heterocycles. The van der Waals surface area contributed by atoms with E-state index in [0.29, 0.717) is 6.54 Å². The van der Waals surface area contributed by atoms with Crippen molar-refractivity contribution in [3.05, 3.63) is 46.0 Å². The maximum Gasteiger partial charge on any atom is 0.315 e. The monoisotopic (exact) mass is 276 g/mol. The van der Waals surface area contributed by atoms with Crippen LogP contribution >= 0.6 is 11.3 Å². The minimum atomic E-state index is -0.138. The highest BCUT2D eigenvalue weighted by atomic mass is 32.1. The van der Waals surface area contributed by atoms with Crippen LogP contribution in [-0.2, 0) is 13.0 Å². The number of urea groups is 1. The fourth-order valence-electron chi connectivity index (χ4n) is 2.43. The summed E-state index contributed by atoms with van der Waals surface area (Å²) in [5.74, 6) is 0.759. The Bertz CT molecular complexity index is 548. The standard InChI is InChI=1S/C14H16N2O2S/c17-14(15-9-10-3-2-7-18-10)16-12-4-1-5-13-11(12)6-8-19-13/h2-3,6-8,12H,1,4-5,9H2,(H2,15,16,17). The second kappa shape index (κ2) is 5.48. The summed E-state index contributed by atoms with van der Waals surface area (Å²) in [6.45, 7) is 0.419. The van der Waals surface area contributed by atoms with Crippen LogP contribution < -0.4 is 10.6 Å². The average molecular weight is 276 g/mol. The predicted octanol–water partition coefficient (Wildman–Crippen LogP) is 3.22. The van der Waals surface area contributed by atoms with E-state index in [4.69, 9.17) is 4.42 Å². The van der Waals surface area contributed by atoms with E-state index in [9.17, 15) is 4.79 Å². The molecule has 2 N–H and O–H groups in total. The lowest BCUT2D eigenvalue weighted by Gasteiger charge is -2.23. The van der Waals surface area contributed by atoms with Gasteiger partial charge in [-0.05, 0) is 48.4 Å². The number of carbonyl (C=O) groups excluding carboxylic acids is 1. The molecule has 0 radical (unpaired) electrons. The molecule has 5 heteroatoms. The number of nitrogens with one attached hydrogen (secondary N) is 2. The van der Waals surface area contributed by atoms with Crippen molar-refractivity contribution in [2.45, 2.75) is 31.8 Å². The molecule has 2 amide bonds. The Morgan fingerprint density at radius 1 is 1.47 bits per heavy atom. The molecule has 0 aromatic carbocycles. The Kier molecular flexibility index (Phi) is 3.55. The van der Waals surface area contributed by atoms with E-state index in [1.807, 2.05) is 12.1 Å². The lowest BCUT2D eigenvalue weighted by molar-refractivity contribution is 0.234. The Morgan fingerprint density at radius 3 is 3.26 bits per heavy atom. The van der Waals surface area contributed by atoms with Crippen LogP contribution in [0.3, 0.4) is 0 Å². The van der Waals surface area contributed by atoms with Crippen molar-refractivity contribution in [2.75, 3.05) is 0 Å². The minimum Gasteiger partial charge on any atom is -0.467 e. The Hall–Kier alpha value is -1.75. The quantitative estimate of drug-likeness (QED) is 0.904. The van der Waals surface area contributed by atoms with E-state index in [1.54, 1.807) is 17.6 Å². The van der Waals surface area contributed by atoms with Crippen LogP contribution in [-0.4, -0.2) is 6.03 Å². The molecule has 1 atom stereocenters. The number of amides is 2. The maximum absolute atomic E-state index is 11.9. The first-order valence-electron chi connectivity index (χ1n) is 6.46. The molecular formula is C14H16N2O2S. The summed E-state index contributed by atoms with van der Waals surface area (Å²) in [4.78, 5) is 13.3. The highest BCUT2D eigenvalue weighted by Crippen LogP contribution is 2.33. The third-order valence-electron chi connectivity index (χ3n) is 3.36. The SMILES string of the molecule is O=C(NCc1ccco1)NC1CCCc2sccc21. The Labute approximate surface area is 115 Å². The van der Waals surface area contributed by atoms with Gasteiger partial charge in [0.25, 0.3) is 0 Å². The molecule has 19 heavy (non-hydrogen) atoms. The number of hydrogen-bond acceptors (Lipinski definition) is 3. The first-order chi connectivity index (χ1) is 9.33. The second-order valence-electron chi connectivity index (χ2n) is 4.65. The molecule has 3 rings (SSSR count). The fourth-order valence-corrected chi connectivity index (χ4v) is 3.41. The van der Waals surface area contributed by atoms with Gasteiger partial charge in [0, 0.05) is 4.88 Å². The van der Waals surface area contributed by atoms with Gasteiger partial charge in [-0.2, -0.15) is 0 Å². The van der Waals surface area contributed by atoms with Gasteiger partial charge in [-0.1, -0.05) is 0 Å². The van der Waals surface area contributed by atoms with Crippen molar-refractivity contribution in [3.63, 3.8) is 0 Å². The van der Waals surface area contributed by atoms with Crippen molar-refractivity contribution in [2.24, 2.45) is 0 Å². The molecule has 1 unspecified atom stereocenters. The summed E-state index contributed by atoms with van der Waals surface area (Å²) in [5, 5.41) is 7.96. The number of aryl methyl sites for hydroxylation is 1. The fraction of sp³-hybridized carbons (Fsp3) is 0.357. The van der Waals surface area contributed by atoms with Crippen LogP contribution in [0.15, 0.2) is 34.3 Å². The molecule has 0 bridgehead atoms. The van der Waals surface area contributed by atoms with Crippen LogP contribution in [0.25, 0.3) is 0 Å². The summed E-state index contributed by atoms with van der Waals surface area (Å²) in [6.07, 6.45) is 4.89. The van der Waals surface area contributed by atoms with Crippen LogP contribution in [0.4, 0.5) is 4.79 Å². The first kappa shape index (κ1) is 12.3. The van der Waals surface area contributed by atoms with Crippen molar-refractivity contribution in [3.8, 4) is 0 Å². The van der Waals surface area contributed by atoms with E-state index in [-0.39, 0.29) is 12.1 Å². The van der Waals surface area contributed by atoms with Crippen LogP contribution in [0.2, 0.25) is 0 Å². The molecular weight excluding hydrogens is 260 g/mol. The molecule has 100 valence electrons. The van der Waals surface area contributed by atoms with Gasteiger partial charge in [0.05, 0.1) is 18.8 Å². The van der Waals surface area contributed by atoms with Gasteiger partial charge in [0.1, 0.15) is 5.76 Å². The van der Waals surface area contributed by atoms with Crippen LogP contribution in [0.1, 0.15) is 35.1 Å². The molecule has 1 aliphatic rings. The Balaban J connectivity index is 1.56. The zero-order chi connectivity index (χ0) is 13.1. The second-order valence-corrected chi connectivity index (χ2v) is 5.65. The van der Waals surface area contributed by atoms with Crippen molar-refractivity contribution in [1.29, 1.82) is 0 Å². The van der Waals surface area contributed by atoms with Gasteiger partial charge >= 0.3 is 6.03 Å². The normalized spacial score (nSPS) is 17.8. The predicted molar refractivity (Wildman–Crippen MR) is 74.1 cm³/mol. The zero-order valence-electron chi connectivity index (χ0n) is 10.5. The van der Waals surface area contributed by atoms with Crippen molar-refractivity contribution in [1.82, 2.24) is 10.6 Å². The van der Waals surface area contributed by atoms with E-state index in [2.05, 4.69) is 22.1 Å². The van der Waals surface area contributed by atoms with Gasteiger partial charge in [0.2, 0.25) is 0 Å². The van der Waals surface area contributed by atoms with Gasteiger partial charge in [0.15, 0.2) is 0 Å². The molecule has 2 aromatic rings. The molecule has 0 spiro atoms. The summed E-state index contributed by atoms with van der Waals surface area (Å²) in [7, 11) is 0. The van der Waals surface area contributed by atoms with Gasteiger partial charge in [-0.15, -0.1) is 11.3 Å². The number of fused-ring (bicyclic) bond motifs is 1. The highest BCUT2D eigenvalue weighted by Gasteiger charge is 2.22. The number of thiophene rings is 1. The van der Waals surface area contributed by atoms with E-state index in [1.165, 1.54) is 10.4 Å². The molecule has 0 fully saturated rings. The first-order valence-corrected chi connectivity index (χ1v) is 7.34. The average Bonchev–Trinajstić information content (AvgIpc) is 3.08. The summed E-state index contributed by atoms with van der Waals surface area (Å²) < 4.78 is 5.18. The number of rotatable bonds is 3. The van der Waals surface area contributed by atoms with E-state index < -0.39 is 0 Å². The lowest BCUT2D eigenvalue weighted by atomic mass is 9.94. The largest absolute Gasteiger partial charge is 0.467 e. The van der Waals surface area contributed by atoms with E-state index in [0.717, 1.165) is 25.0 Å². The summed E-state index contributed by atoms with van der Waals surface area (Å²) in [6, 6.07) is 5.79. The molecule has 2 aromatic heterocycles. The Morgan fingerprint density at radius 2 is 2.42 bits per heavy atom. The van der Waals surface area contributed by atoms with Crippen LogP contribution in [0, 0.1) is 0 Å². The minimum absolute atomic E-state index is 0.138. The summed E-state index contributed by atoms with van der Waals surface area (Å²) in [5.41, 5.74) is 1.28. The molecule has 0 saturated carbocycles. The maximum atomic E-state index is 11.9. The third kappa shape index (κ3) is 2.81. The van der Waals surface area contributed by atoms with Crippen LogP contribution in [0.5, 0.6) is 0 Å². The topological polar surface area (TPSA) is 54.3 Å². The highest BCUT2D eigenvalue weighted by molar-refractivity contribution is 7.10. The number of furan rings is 1. The van der Waals surface area contributed by atoms with Gasteiger partial charge in [-0.3, -0.25) is 0 Å². The summed E-state index contributed by atoms with van der Waals surface area (Å²) >= 11 is 1.78. The van der Waals surface area contributed by atoms with Gasteiger partial charge < -0.3 is 15.1 Å². The molecule has 0 saturated heterocycles. The molecule has 2 heterocycles. The van der Waals surface area contributed by atoms with E-state index >= 15 is 0 Å². The lowest BCUT2D eigenvalue weighted by Crippen LogP contribution is -2.38. The molecule has 1 aliphatic carbocycles. The van der Waals surface area contributed by atoms with Gasteiger partial charge in [-0.25, -0.2) is 4.79 Å². The number of hydrogen-bond donors (Lipinski definition) is 2. The smallest absolute Gasteiger partial charge is 0.315 e. The zero-order valence-corrected chi connectivity index (χ0v) is 11.3. The van der Waals surface area contributed by atoms with Crippen molar-refractivity contribution < 1.29 is 9.21 Å². The molecule has 4 nitrogen and oxygen atoms in total. The third-order valence-corrected chi connectivity index (χ3v) is 4.36. The van der Waals surface area contributed by atoms with Crippen molar-refractivity contribution >= 4 is 17.4 Å². The number of carbonyl (C=O) groups is 1.